The monoisotopic (exact) mass is 382 g/mol. The van der Waals surface area contributed by atoms with Crippen LogP contribution in [0.25, 0.3) is 0 Å². The smallest absolute Gasteiger partial charge is 0.198 e. The van der Waals surface area contributed by atoms with Gasteiger partial charge >= 0.3 is 0 Å². The molecule has 11 heteroatoms. The number of hydrogen-bond donors (Lipinski definition) is 8. The van der Waals surface area contributed by atoms with Crippen molar-refractivity contribution in [3.63, 3.8) is 0 Å². The largest absolute Gasteiger partial charge is 0.394 e. The van der Waals surface area contributed by atoms with Gasteiger partial charge in [-0.2, -0.15) is 0 Å². The molecule has 0 amide bonds. The van der Waals surface area contributed by atoms with E-state index in [0.29, 0.717) is 0 Å². The lowest BCUT2D eigenvalue weighted by Crippen LogP contribution is -2.67. The second kappa shape index (κ2) is 8.54. The number of aliphatic hydroxyl groups is 8. The minimum absolute atomic E-state index is 0.242. The van der Waals surface area contributed by atoms with Crippen molar-refractivity contribution in [2.75, 3.05) is 13.2 Å². The highest BCUT2D eigenvalue weighted by molar-refractivity contribution is 5.00. The second-order valence-electron chi connectivity index (χ2n) is 6.41. The Hall–Kier alpha value is -0.700. The van der Waals surface area contributed by atoms with Crippen LogP contribution in [0.2, 0.25) is 0 Å². The second-order valence-corrected chi connectivity index (χ2v) is 6.41. The maximum absolute atomic E-state index is 10.3. The minimum Gasteiger partial charge on any atom is -0.394 e. The number of rotatable bonds is 6. The van der Waals surface area contributed by atoms with Crippen molar-refractivity contribution in [1.82, 2.24) is 0 Å². The van der Waals surface area contributed by atoms with Crippen LogP contribution in [0.5, 0.6) is 0 Å². The predicted octanol–water partition coefficient (Wildman–Crippen LogP) is -4.45. The normalized spacial score (nSPS) is 49.8. The summed E-state index contributed by atoms with van der Waals surface area (Å²) in [6.45, 7) is 2.01. The van der Waals surface area contributed by atoms with Gasteiger partial charge in [-0.1, -0.05) is 6.08 Å². The summed E-state index contributed by atoms with van der Waals surface area (Å²) in [4.78, 5) is 0. The molecule has 2 aliphatic heterocycles. The molecule has 152 valence electrons. The van der Waals surface area contributed by atoms with Crippen molar-refractivity contribution in [1.29, 1.82) is 0 Å². The summed E-state index contributed by atoms with van der Waals surface area (Å²) in [5.74, 6) is -2.20. The molecule has 0 radical (unpaired) electrons. The molecule has 0 saturated carbocycles. The Kier molecular flexibility index (Phi) is 7.10. The van der Waals surface area contributed by atoms with Gasteiger partial charge in [0.25, 0.3) is 0 Å². The van der Waals surface area contributed by atoms with E-state index in [1.807, 2.05) is 0 Å². The molecule has 0 spiro atoms. The maximum Gasteiger partial charge on any atom is 0.198 e. The molecule has 0 aliphatic carbocycles. The highest BCUT2D eigenvalue weighted by Crippen LogP contribution is 2.34. The van der Waals surface area contributed by atoms with Gasteiger partial charge in [0.1, 0.15) is 48.8 Å². The molecule has 0 aromatic heterocycles. The first-order chi connectivity index (χ1) is 12.2. The molecule has 0 aromatic rings. The minimum atomic E-state index is -2.20. The Labute approximate surface area is 149 Å². The molecular formula is C15H26O11. The Balaban J connectivity index is 2.17. The van der Waals surface area contributed by atoms with Crippen LogP contribution < -0.4 is 0 Å². The molecule has 2 heterocycles. The predicted molar refractivity (Wildman–Crippen MR) is 82.4 cm³/mol. The highest BCUT2D eigenvalue weighted by Gasteiger charge is 2.55. The third-order valence-electron chi connectivity index (χ3n) is 4.60. The number of ether oxygens (including phenoxy) is 3. The van der Waals surface area contributed by atoms with Gasteiger partial charge in [-0.3, -0.25) is 0 Å². The first-order valence-corrected chi connectivity index (χ1v) is 8.14. The Morgan fingerprint density at radius 2 is 1.54 bits per heavy atom. The average molecular weight is 382 g/mol. The molecule has 10 atom stereocenters. The summed E-state index contributed by atoms with van der Waals surface area (Å²) in [5.41, 5.74) is 0. The molecule has 0 aromatic carbocycles. The van der Waals surface area contributed by atoms with E-state index in [-0.39, 0.29) is 6.42 Å². The van der Waals surface area contributed by atoms with E-state index in [0.717, 1.165) is 0 Å². The summed E-state index contributed by atoms with van der Waals surface area (Å²) in [6.07, 6.45) is -13.2. The molecular weight excluding hydrogens is 356 g/mol. The van der Waals surface area contributed by atoms with Crippen LogP contribution in [-0.4, -0.2) is 115 Å². The first kappa shape index (κ1) is 21.6. The van der Waals surface area contributed by atoms with Crippen molar-refractivity contribution in [2.45, 2.75) is 67.3 Å². The summed E-state index contributed by atoms with van der Waals surface area (Å²) in [7, 11) is 0. The van der Waals surface area contributed by atoms with Crippen LogP contribution in [0.1, 0.15) is 6.42 Å². The van der Waals surface area contributed by atoms with E-state index >= 15 is 0 Å². The lowest BCUT2D eigenvalue weighted by Gasteiger charge is -2.48. The van der Waals surface area contributed by atoms with Gasteiger partial charge in [-0.15, -0.1) is 6.58 Å². The van der Waals surface area contributed by atoms with Gasteiger partial charge in [0.2, 0.25) is 0 Å². The van der Waals surface area contributed by atoms with Crippen molar-refractivity contribution in [3.8, 4) is 0 Å². The van der Waals surface area contributed by atoms with Crippen molar-refractivity contribution in [2.24, 2.45) is 0 Å². The van der Waals surface area contributed by atoms with Gasteiger partial charge in [-0.05, 0) is 0 Å². The Morgan fingerprint density at radius 1 is 0.923 bits per heavy atom. The quantitative estimate of drug-likeness (QED) is 0.207. The van der Waals surface area contributed by atoms with Crippen LogP contribution >= 0.6 is 0 Å². The van der Waals surface area contributed by atoms with Gasteiger partial charge < -0.3 is 55.1 Å². The van der Waals surface area contributed by atoms with E-state index in [2.05, 4.69) is 6.58 Å². The molecule has 8 N–H and O–H groups in total. The van der Waals surface area contributed by atoms with Gasteiger partial charge in [-0.25, -0.2) is 0 Å². The summed E-state index contributed by atoms with van der Waals surface area (Å²) in [5, 5.41) is 78.9. The van der Waals surface area contributed by atoms with Crippen LogP contribution in [0.15, 0.2) is 12.7 Å². The molecule has 11 nitrogen and oxygen atoms in total. The fraction of sp³-hybridized carbons (Fsp3) is 0.867. The lowest BCUT2D eigenvalue weighted by atomic mass is 9.90. The molecule has 2 fully saturated rings. The first-order valence-electron chi connectivity index (χ1n) is 8.14. The van der Waals surface area contributed by atoms with Crippen molar-refractivity contribution in [3.05, 3.63) is 12.7 Å². The Bertz CT molecular complexity index is 473. The topological polar surface area (TPSA) is 190 Å². The Morgan fingerprint density at radius 3 is 2.08 bits per heavy atom. The summed E-state index contributed by atoms with van der Waals surface area (Å²) in [6, 6.07) is 0. The summed E-state index contributed by atoms with van der Waals surface area (Å²) >= 11 is 0. The molecule has 2 saturated heterocycles. The van der Waals surface area contributed by atoms with Crippen LogP contribution in [-0.2, 0) is 14.2 Å². The van der Waals surface area contributed by atoms with E-state index in [1.54, 1.807) is 0 Å². The van der Waals surface area contributed by atoms with E-state index in [9.17, 15) is 40.9 Å². The summed E-state index contributed by atoms with van der Waals surface area (Å²) < 4.78 is 15.8. The fourth-order valence-corrected chi connectivity index (χ4v) is 3.08. The van der Waals surface area contributed by atoms with Crippen LogP contribution in [0.3, 0.4) is 0 Å². The zero-order valence-corrected chi connectivity index (χ0v) is 13.9. The molecule has 0 bridgehead atoms. The number of hydrogen-bond acceptors (Lipinski definition) is 11. The third kappa shape index (κ3) is 3.93. The molecule has 1 unspecified atom stereocenters. The number of aliphatic hydroxyl groups excluding tert-OH is 7. The van der Waals surface area contributed by atoms with Gasteiger partial charge in [0.05, 0.1) is 13.2 Å². The van der Waals surface area contributed by atoms with Crippen LogP contribution in [0, 0.1) is 0 Å². The third-order valence-corrected chi connectivity index (χ3v) is 4.60. The maximum atomic E-state index is 10.3. The molecule has 26 heavy (non-hydrogen) atoms. The van der Waals surface area contributed by atoms with Gasteiger partial charge in [0, 0.05) is 6.42 Å². The average Bonchev–Trinajstić information content (AvgIpc) is 2.62. The van der Waals surface area contributed by atoms with Crippen molar-refractivity contribution < 1.29 is 55.1 Å². The van der Waals surface area contributed by atoms with E-state index in [4.69, 9.17) is 14.2 Å². The standard InChI is InChI=1S/C15H26O11/c1-2-3-15(23)13(22)11(21)12(7(5-17)26-15)25-14-10(20)9(19)8(18)6(4-16)24-14/h2,6-14,16-23H,1,3-5H2/t6-,7-,8+,9+,10-,11+,12-,13-,14+,15?/m1/s1. The molecule has 2 aliphatic rings. The molecule has 2 rings (SSSR count). The zero-order chi connectivity index (χ0) is 19.6. The van der Waals surface area contributed by atoms with Crippen molar-refractivity contribution >= 4 is 0 Å². The SMILES string of the molecule is C=CCC1(O)O[C@H](CO)[C@@H](O[C@@H]2O[C@H](CO)[C@H](O)[C@H](O)[C@H]2O)[C@H](O)[C@H]1O. The highest BCUT2D eigenvalue weighted by atomic mass is 16.7. The van der Waals surface area contributed by atoms with Gasteiger partial charge in [0.15, 0.2) is 12.1 Å². The van der Waals surface area contributed by atoms with E-state index in [1.165, 1.54) is 6.08 Å². The zero-order valence-electron chi connectivity index (χ0n) is 13.9. The fourth-order valence-electron chi connectivity index (χ4n) is 3.08. The van der Waals surface area contributed by atoms with Crippen LogP contribution in [0.4, 0.5) is 0 Å². The lowest BCUT2D eigenvalue weighted by molar-refractivity contribution is -0.382. The van der Waals surface area contributed by atoms with E-state index < -0.39 is 74.1 Å².